The van der Waals surface area contributed by atoms with Gasteiger partial charge in [-0.05, 0) is 18.9 Å². The number of hydrogen-bond donors (Lipinski definition) is 0. The molecule has 1 aliphatic rings. The molecular formula is C19H22ClNO5S2. The van der Waals surface area contributed by atoms with Gasteiger partial charge in [0.15, 0.2) is 16.4 Å². The standard InChI is InChI=1S/C19H22ClNO5S2/c1-2-3-9-21(13-8-10-28(24,25)12-13)16(22)11-26-19(23)18-17(20)14-6-4-5-7-15(14)27-18/h4-7,13H,2-3,8-12H2,1H3. The highest BCUT2D eigenvalue weighted by Crippen LogP contribution is 2.35. The Balaban J connectivity index is 1.67. The van der Waals surface area contributed by atoms with Crippen LogP contribution in [0, 0.1) is 0 Å². The minimum atomic E-state index is -3.11. The number of benzene rings is 1. The Hall–Kier alpha value is -1.64. The summed E-state index contributed by atoms with van der Waals surface area (Å²) in [5.41, 5.74) is 0. The molecule has 0 saturated carbocycles. The number of nitrogens with zero attached hydrogens (tertiary/aromatic N) is 1. The van der Waals surface area contributed by atoms with Crippen molar-refractivity contribution in [3.05, 3.63) is 34.2 Å². The van der Waals surface area contributed by atoms with Crippen LogP contribution in [0.2, 0.25) is 5.02 Å². The predicted molar refractivity (Wildman–Crippen MR) is 111 cm³/mol. The summed E-state index contributed by atoms with van der Waals surface area (Å²) < 4.78 is 29.6. The summed E-state index contributed by atoms with van der Waals surface area (Å²) in [6, 6.07) is 7.02. The highest BCUT2D eigenvalue weighted by atomic mass is 35.5. The minimum Gasteiger partial charge on any atom is -0.451 e. The Morgan fingerprint density at radius 1 is 1.32 bits per heavy atom. The molecule has 0 radical (unpaired) electrons. The van der Waals surface area contributed by atoms with E-state index in [0.29, 0.717) is 18.0 Å². The van der Waals surface area contributed by atoms with E-state index >= 15 is 0 Å². The van der Waals surface area contributed by atoms with E-state index in [9.17, 15) is 18.0 Å². The van der Waals surface area contributed by atoms with Crippen LogP contribution in [0.15, 0.2) is 24.3 Å². The first-order valence-electron chi connectivity index (χ1n) is 9.16. The molecule has 3 rings (SSSR count). The van der Waals surface area contributed by atoms with Gasteiger partial charge in [-0.2, -0.15) is 0 Å². The molecule has 1 fully saturated rings. The van der Waals surface area contributed by atoms with Crippen LogP contribution in [-0.4, -0.2) is 55.9 Å². The average molecular weight is 444 g/mol. The van der Waals surface area contributed by atoms with Crippen LogP contribution >= 0.6 is 22.9 Å². The Morgan fingerprint density at radius 3 is 2.71 bits per heavy atom. The summed E-state index contributed by atoms with van der Waals surface area (Å²) in [6.07, 6.45) is 2.06. The van der Waals surface area contributed by atoms with Crippen LogP contribution in [0.4, 0.5) is 0 Å². The van der Waals surface area contributed by atoms with Gasteiger partial charge >= 0.3 is 5.97 Å². The summed E-state index contributed by atoms with van der Waals surface area (Å²) in [4.78, 5) is 26.9. The van der Waals surface area contributed by atoms with Crippen LogP contribution in [-0.2, 0) is 19.4 Å². The topological polar surface area (TPSA) is 80.8 Å². The number of ether oxygens (including phenoxy) is 1. The van der Waals surface area contributed by atoms with E-state index in [2.05, 4.69) is 0 Å². The predicted octanol–water partition coefficient (Wildman–Crippen LogP) is 3.53. The number of amides is 1. The molecule has 1 aromatic heterocycles. The third-order valence-electron chi connectivity index (χ3n) is 4.77. The Bertz CT molecular complexity index is 985. The molecule has 2 aromatic rings. The van der Waals surface area contributed by atoms with Crippen LogP contribution < -0.4 is 0 Å². The summed E-state index contributed by atoms with van der Waals surface area (Å²) >= 11 is 7.50. The molecule has 0 N–H and O–H groups in total. The van der Waals surface area contributed by atoms with Gasteiger partial charge in [0, 0.05) is 22.7 Å². The van der Waals surface area contributed by atoms with Crippen LogP contribution in [0.1, 0.15) is 35.9 Å². The highest BCUT2D eigenvalue weighted by Gasteiger charge is 2.34. The molecule has 1 unspecified atom stereocenters. The number of halogens is 1. The molecular weight excluding hydrogens is 422 g/mol. The zero-order chi connectivity index (χ0) is 20.3. The van der Waals surface area contributed by atoms with Crippen molar-refractivity contribution in [3.8, 4) is 0 Å². The fourth-order valence-electron chi connectivity index (χ4n) is 3.28. The Morgan fingerprint density at radius 2 is 2.07 bits per heavy atom. The smallest absolute Gasteiger partial charge is 0.350 e. The van der Waals surface area contributed by atoms with Gasteiger partial charge in [-0.3, -0.25) is 4.79 Å². The zero-order valence-corrected chi connectivity index (χ0v) is 17.9. The summed E-state index contributed by atoms with van der Waals surface area (Å²) in [5.74, 6) is -0.960. The zero-order valence-electron chi connectivity index (χ0n) is 15.5. The van der Waals surface area contributed by atoms with Crippen LogP contribution in [0.3, 0.4) is 0 Å². The van der Waals surface area contributed by atoms with Crippen LogP contribution in [0.5, 0.6) is 0 Å². The largest absolute Gasteiger partial charge is 0.451 e. The van der Waals surface area contributed by atoms with Crippen molar-refractivity contribution in [2.75, 3.05) is 24.7 Å². The second-order valence-electron chi connectivity index (χ2n) is 6.82. The average Bonchev–Trinajstić information content (AvgIpc) is 3.20. The van der Waals surface area contributed by atoms with Gasteiger partial charge in [0.05, 0.1) is 16.5 Å². The Labute approximate surface area is 173 Å². The summed E-state index contributed by atoms with van der Waals surface area (Å²) in [5, 5.41) is 1.09. The van der Waals surface area contributed by atoms with Crippen molar-refractivity contribution in [2.24, 2.45) is 0 Å². The molecule has 2 heterocycles. The number of carbonyl (C=O) groups is 2. The lowest BCUT2D eigenvalue weighted by atomic mass is 10.2. The van der Waals surface area contributed by atoms with Crippen molar-refractivity contribution in [1.82, 2.24) is 4.90 Å². The lowest BCUT2D eigenvalue weighted by Crippen LogP contribution is -2.43. The molecule has 0 aliphatic carbocycles. The van der Waals surface area contributed by atoms with E-state index in [1.807, 2.05) is 31.2 Å². The Kier molecular flexibility index (Phi) is 6.62. The van der Waals surface area contributed by atoms with Crippen LogP contribution in [0.25, 0.3) is 10.1 Å². The maximum absolute atomic E-state index is 12.7. The fourth-order valence-corrected chi connectivity index (χ4v) is 6.41. The number of fused-ring (bicyclic) bond motifs is 1. The maximum Gasteiger partial charge on any atom is 0.350 e. The monoisotopic (exact) mass is 443 g/mol. The molecule has 1 saturated heterocycles. The second-order valence-corrected chi connectivity index (χ2v) is 10.5. The van der Waals surface area contributed by atoms with Gasteiger partial charge in [0.25, 0.3) is 5.91 Å². The number of sulfone groups is 1. The van der Waals surface area contributed by atoms with Gasteiger partial charge in [0.1, 0.15) is 4.88 Å². The van der Waals surface area contributed by atoms with E-state index in [1.54, 1.807) is 4.90 Å². The highest BCUT2D eigenvalue weighted by molar-refractivity contribution is 7.91. The summed E-state index contributed by atoms with van der Waals surface area (Å²) in [7, 11) is -3.11. The van der Waals surface area contributed by atoms with E-state index in [-0.39, 0.29) is 28.3 Å². The first-order chi connectivity index (χ1) is 13.3. The molecule has 9 heteroatoms. The lowest BCUT2D eigenvalue weighted by molar-refractivity contribution is -0.136. The molecule has 6 nitrogen and oxygen atoms in total. The molecule has 1 amide bonds. The van der Waals surface area contributed by atoms with Crippen molar-refractivity contribution in [1.29, 1.82) is 0 Å². The molecule has 28 heavy (non-hydrogen) atoms. The van der Waals surface area contributed by atoms with E-state index < -0.39 is 22.4 Å². The normalized spacial score (nSPS) is 18.3. The second kappa shape index (κ2) is 8.80. The van der Waals surface area contributed by atoms with Crippen molar-refractivity contribution in [3.63, 3.8) is 0 Å². The third kappa shape index (κ3) is 4.67. The van der Waals surface area contributed by atoms with Gasteiger partial charge in [-0.15, -0.1) is 11.3 Å². The molecule has 0 spiro atoms. The number of thiophene rings is 1. The van der Waals surface area contributed by atoms with E-state index in [4.69, 9.17) is 16.3 Å². The van der Waals surface area contributed by atoms with Crippen molar-refractivity contribution < 1.29 is 22.7 Å². The van der Waals surface area contributed by atoms with Gasteiger partial charge in [0.2, 0.25) is 0 Å². The van der Waals surface area contributed by atoms with Gasteiger partial charge in [-0.25, -0.2) is 13.2 Å². The van der Waals surface area contributed by atoms with Crippen molar-refractivity contribution >= 4 is 54.7 Å². The quantitative estimate of drug-likeness (QED) is 0.611. The van der Waals surface area contributed by atoms with Crippen molar-refractivity contribution in [2.45, 2.75) is 32.2 Å². The van der Waals surface area contributed by atoms with Gasteiger partial charge in [-0.1, -0.05) is 43.1 Å². The lowest BCUT2D eigenvalue weighted by Gasteiger charge is -2.28. The van der Waals surface area contributed by atoms with E-state index in [1.165, 1.54) is 11.3 Å². The van der Waals surface area contributed by atoms with E-state index in [0.717, 1.165) is 22.9 Å². The summed E-state index contributed by atoms with van der Waals surface area (Å²) in [6.45, 7) is 2.03. The molecule has 0 bridgehead atoms. The molecule has 152 valence electrons. The SMILES string of the molecule is CCCCN(C(=O)COC(=O)c1sc2ccccc2c1Cl)C1CCS(=O)(=O)C1. The number of rotatable bonds is 7. The first-order valence-corrected chi connectivity index (χ1v) is 12.2. The molecule has 1 aromatic carbocycles. The van der Waals surface area contributed by atoms with Gasteiger partial charge < -0.3 is 9.64 Å². The maximum atomic E-state index is 12.7. The fraction of sp³-hybridized carbons (Fsp3) is 0.474. The number of esters is 1. The first kappa shape index (κ1) is 21.1. The molecule has 1 atom stereocenters. The number of unbranched alkanes of at least 4 members (excludes halogenated alkanes) is 1. The number of hydrogen-bond acceptors (Lipinski definition) is 6. The molecule has 1 aliphatic heterocycles. The number of carbonyl (C=O) groups excluding carboxylic acids is 2. The third-order valence-corrected chi connectivity index (χ3v) is 8.17. The minimum absolute atomic E-state index is 0.0292.